The summed E-state index contributed by atoms with van der Waals surface area (Å²) in [4.78, 5) is 29.1. The molecule has 4 atom stereocenters. The van der Waals surface area contributed by atoms with Crippen LogP contribution in [0.3, 0.4) is 0 Å². The van der Waals surface area contributed by atoms with E-state index in [-0.39, 0.29) is 40.1 Å². The van der Waals surface area contributed by atoms with Crippen LogP contribution in [0.1, 0.15) is 55.5 Å². The summed E-state index contributed by atoms with van der Waals surface area (Å²) in [7, 11) is -2.02. The highest BCUT2D eigenvalue weighted by Crippen LogP contribution is 2.60. The van der Waals surface area contributed by atoms with E-state index < -0.39 is 31.8 Å². The van der Waals surface area contributed by atoms with Crippen molar-refractivity contribution in [1.82, 2.24) is 5.32 Å². The van der Waals surface area contributed by atoms with Crippen LogP contribution in [-0.2, 0) is 9.47 Å². The number of benzene rings is 1. The number of nitrogens with zero attached hydrogens (tertiary/aromatic N) is 1. The molecule has 188 valence electrons. The maximum atomic E-state index is 12.3. The molecule has 0 aromatic heterocycles. The minimum atomic E-state index is -1.12. The number of carbonyl (C=O) groups is 2. The monoisotopic (exact) mass is 504 g/mol. The third-order valence-corrected chi connectivity index (χ3v) is 7.49. The predicted octanol–water partition coefficient (Wildman–Crippen LogP) is 2.65. The van der Waals surface area contributed by atoms with Gasteiger partial charge in [0.1, 0.15) is 16.9 Å². The Morgan fingerprint density at radius 2 is 2.09 bits per heavy atom. The average molecular weight is 504 g/mol. The summed E-state index contributed by atoms with van der Waals surface area (Å²) in [6.07, 6.45) is 0.416. The maximum Gasteiger partial charge on any atom is 0.526 e. The molecule has 1 amide bonds. The number of hydrogen-bond donors (Lipinski definition) is 4. The van der Waals surface area contributed by atoms with Crippen molar-refractivity contribution in [2.75, 3.05) is 13.2 Å². The molecule has 35 heavy (non-hydrogen) atoms. The fourth-order valence-corrected chi connectivity index (χ4v) is 5.79. The lowest BCUT2D eigenvalue weighted by molar-refractivity contribution is 0.0560. The first kappa shape index (κ1) is 25.9. The second kappa shape index (κ2) is 10.0. The Morgan fingerprint density at radius 1 is 1.34 bits per heavy atom. The number of fused-ring (bicyclic) bond motifs is 3. The zero-order valence-corrected chi connectivity index (χ0v) is 21.0. The lowest BCUT2D eigenvalue weighted by Gasteiger charge is -2.25. The van der Waals surface area contributed by atoms with E-state index in [9.17, 15) is 24.7 Å². The zero-order chi connectivity index (χ0) is 25.5. The quantitative estimate of drug-likeness (QED) is 0.261. The van der Waals surface area contributed by atoms with E-state index in [1.165, 1.54) is 18.6 Å². The van der Waals surface area contributed by atoms with Gasteiger partial charge in [-0.15, -0.1) is 11.8 Å². The molecule has 3 aliphatic rings. The average Bonchev–Trinajstić information content (AvgIpc) is 3.41. The lowest BCUT2D eigenvalue weighted by Crippen LogP contribution is -2.38. The third-order valence-electron chi connectivity index (χ3n) is 6.07. The van der Waals surface area contributed by atoms with E-state index in [4.69, 9.17) is 14.1 Å². The minimum Gasteiger partial charge on any atom is -0.535 e. The first-order valence-corrected chi connectivity index (χ1v) is 12.5. The van der Waals surface area contributed by atoms with E-state index >= 15 is 0 Å². The van der Waals surface area contributed by atoms with Crippen molar-refractivity contribution in [2.45, 2.75) is 67.9 Å². The molecule has 4 N–H and O–H groups in total. The number of carboxylic acid groups (broad SMARTS) is 1. The molecule has 2 fully saturated rings. The van der Waals surface area contributed by atoms with E-state index in [1.807, 2.05) is 6.07 Å². The molecular weight excluding hydrogens is 474 g/mol. The van der Waals surface area contributed by atoms with Crippen LogP contribution in [-0.4, -0.2) is 71.3 Å². The van der Waals surface area contributed by atoms with Gasteiger partial charge in [-0.1, -0.05) is 6.07 Å². The van der Waals surface area contributed by atoms with Gasteiger partial charge in [0.15, 0.2) is 0 Å². The first-order chi connectivity index (χ1) is 16.4. The Morgan fingerprint density at radius 3 is 2.74 bits per heavy atom. The topological polar surface area (TPSA) is 147 Å². The number of thioether (sulfide) groups is 1. The Bertz CT molecular complexity index is 1030. The second-order valence-corrected chi connectivity index (χ2v) is 11.5. The number of rotatable bonds is 6. The van der Waals surface area contributed by atoms with Gasteiger partial charge in [-0.05, 0) is 51.6 Å². The van der Waals surface area contributed by atoms with Gasteiger partial charge in [-0.25, -0.2) is 9.59 Å². The summed E-state index contributed by atoms with van der Waals surface area (Å²) in [5.74, 6) is -0.554. The van der Waals surface area contributed by atoms with Crippen molar-refractivity contribution in [2.24, 2.45) is 10.8 Å². The maximum absolute atomic E-state index is 12.3. The van der Waals surface area contributed by atoms with Crippen molar-refractivity contribution in [3.8, 4) is 5.75 Å². The van der Waals surface area contributed by atoms with Gasteiger partial charge in [-0.3, -0.25) is 10.2 Å². The number of carboxylic acids is 1. The number of carbonyl (C=O) groups excluding carboxylic acids is 1. The van der Waals surface area contributed by atoms with Gasteiger partial charge in [0.05, 0.1) is 19.0 Å². The Labute approximate surface area is 209 Å². The van der Waals surface area contributed by atoms with Crippen molar-refractivity contribution < 1.29 is 38.9 Å². The number of amidine groups is 1. The van der Waals surface area contributed by atoms with Crippen LogP contribution in [0.4, 0.5) is 4.79 Å². The molecule has 0 unspecified atom stereocenters. The molecule has 2 aliphatic heterocycles. The van der Waals surface area contributed by atoms with Crippen LogP contribution >= 0.6 is 11.8 Å². The van der Waals surface area contributed by atoms with Gasteiger partial charge in [0.2, 0.25) is 0 Å². The van der Waals surface area contributed by atoms with Gasteiger partial charge in [0, 0.05) is 28.3 Å². The van der Waals surface area contributed by atoms with Gasteiger partial charge in [-0.2, -0.15) is 0 Å². The van der Waals surface area contributed by atoms with E-state index in [0.29, 0.717) is 24.5 Å². The molecule has 10 nitrogen and oxygen atoms in total. The highest BCUT2D eigenvalue weighted by Gasteiger charge is 2.54. The van der Waals surface area contributed by atoms with Gasteiger partial charge in [0.25, 0.3) is 0 Å². The summed E-state index contributed by atoms with van der Waals surface area (Å²) >= 11 is 1.36. The van der Waals surface area contributed by atoms with Crippen LogP contribution < -0.4 is 9.97 Å². The highest BCUT2D eigenvalue weighted by molar-refractivity contribution is 8.00. The smallest absolute Gasteiger partial charge is 0.526 e. The second-order valence-electron chi connectivity index (χ2n) is 10.2. The van der Waals surface area contributed by atoms with Crippen molar-refractivity contribution >= 4 is 43.8 Å². The summed E-state index contributed by atoms with van der Waals surface area (Å²) in [5.41, 5.74) is 0.187. The third kappa shape index (κ3) is 6.14. The van der Waals surface area contributed by atoms with Crippen LogP contribution in [0, 0.1) is 5.92 Å². The van der Waals surface area contributed by atoms with Crippen LogP contribution in [0.2, 0.25) is 12.6 Å². The van der Waals surface area contributed by atoms with Crippen LogP contribution in [0.25, 0.3) is 0 Å². The highest BCUT2D eigenvalue weighted by atomic mass is 32.2. The Hall–Kier alpha value is -2.21. The standard InChI is InChI=1S/C22H30B2N2O8S/c1-22(2,3)33-21(29)25-17(26-23(4)30)7-11-9-32-10-16(11)35-15-6-5-12-13-8-14(13)24(31)34-19(12)18(15)20(27)28/h5-6,11,13-14,16,30-31H,7-10H2,1-4H3,(H,27,28)(H,25,26,29)/t11-,13+,14+,16+/m0/s1. The molecule has 1 aromatic rings. The van der Waals surface area contributed by atoms with Crippen LogP contribution in [0.5, 0.6) is 5.75 Å². The van der Waals surface area contributed by atoms with Gasteiger partial charge >= 0.3 is 26.2 Å². The Balaban J connectivity index is 1.51. The zero-order valence-electron chi connectivity index (χ0n) is 20.2. The number of aromatic carboxylic acids is 1. The molecule has 2 heterocycles. The fraction of sp³-hybridized carbons (Fsp3) is 0.591. The van der Waals surface area contributed by atoms with E-state index in [1.54, 1.807) is 26.8 Å². The number of amides is 1. The Kier molecular flexibility index (Phi) is 7.42. The summed E-state index contributed by atoms with van der Waals surface area (Å²) < 4.78 is 16.6. The summed E-state index contributed by atoms with van der Waals surface area (Å²) in [5, 5.41) is 32.4. The van der Waals surface area contributed by atoms with Crippen molar-refractivity contribution in [3.63, 3.8) is 0 Å². The molecular formula is C22H30B2N2O8S. The van der Waals surface area contributed by atoms with E-state index in [2.05, 4.69) is 10.2 Å². The molecule has 1 saturated carbocycles. The number of hydrogen-bond acceptors (Lipinski definition) is 9. The predicted molar refractivity (Wildman–Crippen MR) is 132 cm³/mol. The van der Waals surface area contributed by atoms with E-state index in [0.717, 1.165) is 12.0 Å². The molecule has 1 saturated heterocycles. The SMILES string of the molecule is CB(O)/N=C(/C[C@H]1COC[C@H]1Sc1ccc2c(c1C(=O)O)OB(O)[C@@H]1C[C@H]21)NC(=O)OC(C)(C)C. The molecule has 13 heteroatoms. The summed E-state index contributed by atoms with van der Waals surface area (Å²) in [6, 6.07) is 3.68. The number of alkyl carbamates (subject to hydrolysis) is 1. The molecule has 0 radical (unpaired) electrons. The normalized spacial score (nSPS) is 25.3. The molecule has 1 aromatic carbocycles. The number of ether oxygens (including phenoxy) is 2. The molecule has 0 spiro atoms. The number of nitrogens with one attached hydrogen (secondary N) is 1. The molecule has 4 rings (SSSR count). The molecule has 0 bridgehead atoms. The van der Waals surface area contributed by atoms with Crippen molar-refractivity contribution in [1.29, 1.82) is 0 Å². The fourth-order valence-electron chi connectivity index (χ4n) is 4.49. The van der Waals surface area contributed by atoms with Crippen molar-refractivity contribution in [3.05, 3.63) is 23.3 Å². The minimum absolute atomic E-state index is 0.0272. The lowest BCUT2D eigenvalue weighted by atomic mass is 9.77. The largest absolute Gasteiger partial charge is 0.535 e. The first-order valence-electron chi connectivity index (χ1n) is 11.7. The summed E-state index contributed by atoms with van der Waals surface area (Å²) in [6.45, 7) is 7.51. The molecule has 1 aliphatic carbocycles. The van der Waals surface area contributed by atoms with Gasteiger partial charge < -0.3 is 29.3 Å². The van der Waals surface area contributed by atoms with Crippen LogP contribution in [0.15, 0.2) is 21.9 Å².